The van der Waals surface area contributed by atoms with Gasteiger partial charge in [-0.25, -0.2) is 4.79 Å². The van der Waals surface area contributed by atoms with Gasteiger partial charge in [-0.2, -0.15) is 0 Å². The van der Waals surface area contributed by atoms with Crippen LogP contribution in [0.15, 0.2) is 61.2 Å². The Morgan fingerprint density at radius 2 is 1.41 bits per heavy atom. The highest BCUT2D eigenvalue weighted by atomic mass is 28.4. The fourth-order valence-electron chi connectivity index (χ4n) is 2.34. The summed E-state index contributed by atoms with van der Waals surface area (Å²) in [7, 11) is -1.81. The molecule has 0 N–H and O–H groups in total. The van der Waals surface area contributed by atoms with Gasteiger partial charge in [0.1, 0.15) is 6.61 Å². The van der Waals surface area contributed by atoms with Crippen molar-refractivity contribution in [2.75, 3.05) is 13.2 Å². The monoisotopic (exact) mass is 382 g/mol. The van der Waals surface area contributed by atoms with E-state index in [0.29, 0.717) is 12.2 Å². The highest BCUT2D eigenvalue weighted by Gasteiger charge is 2.36. The molecule has 0 radical (unpaired) electrons. The van der Waals surface area contributed by atoms with Crippen LogP contribution >= 0.6 is 0 Å². The SMILES string of the molecule is C=C(c1ccccc1)c1ccc(C(=O)OCCO[Si](C)(C)C(C)(C)C)cc1. The summed E-state index contributed by atoms with van der Waals surface area (Å²) in [6.07, 6.45) is 0. The first-order valence-electron chi connectivity index (χ1n) is 9.28. The zero-order valence-electron chi connectivity index (χ0n) is 17.0. The summed E-state index contributed by atoms with van der Waals surface area (Å²) in [5.74, 6) is -0.328. The molecule has 0 saturated heterocycles. The molecule has 0 amide bonds. The minimum absolute atomic E-state index is 0.147. The third-order valence-electron chi connectivity index (χ3n) is 5.18. The molecule has 144 valence electrons. The predicted molar refractivity (Wildman–Crippen MR) is 114 cm³/mol. The van der Waals surface area contributed by atoms with Crippen molar-refractivity contribution in [3.63, 3.8) is 0 Å². The molecule has 0 fully saturated rings. The Hall–Kier alpha value is -2.17. The quantitative estimate of drug-likeness (QED) is 0.338. The van der Waals surface area contributed by atoms with Gasteiger partial charge in [-0.15, -0.1) is 0 Å². The van der Waals surface area contributed by atoms with Gasteiger partial charge in [0.15, 0.2) is 8.32 Å². The topological polar surface area (TPSA) is 35.5 Å². The summed E-state index contributed by atoms with van der Waals surface area (Å²) in [6, 6.07) is 17.3. The molecule has 2 aromatic rings. The van der Waals surface area contributed by atoms with Crippen molar-refractivity contribution in [2.24, 2.45) is 0 Å². The molecular weight excluding hydrogens is 352 g/mol. The fraction of sp³-hybridized carbons (Fsp3) is 0.348. The number of carbonyl (C=O) groups excluding carboxylic acids is 1. The minimum Gasteiger partial charge on any atom is -0.460 e. The van der Waals surface area contributed by atoms with Crippen LogP contribution in [0.3, 0.4) is 0 Å². The van der Waals surface area contributed by atoms with Crippen LogP contribution < -0.4 is 0 Å². The lowest BCUT2D eigenvalue weighted by atomic mass is 9.99. The first-order chi connectivity index (χ1) is 12.6. The number of ether oxygens (including phenoxy) is 1. The van der Waals surface area contributed by atoms with E-state index < -0.39 is 8.32 Å². The molecule has 0 spiro atoms. The second-order valence-corrected chi connectivity index (χ2v) is 13.0. The van der Waals surface area contributed by atoms with Gasteiger partial charge in [-0.05, 0) is 47.0 Å². The van der Waals surface area contributed by atoms with E-state index >= 15 is 0 Å². The molecule has 3 nitrogen and oxygen atoms in total. The van der Waals surface area contributed by atoms with Gasteiger partial charge in [0.2, 0.25) is 0 Å². The summed E-state index contributed by atoms with van der Waals surface area (Å²) in [6.45, 7) is 15.8. The molecule has 0 unspecified atom stereocenters. The molecule has 0 atom stereocenters. The minimum atomic E-state index is -1.81. The largest absolute Gasteiger partial charge is 0.460 e. The van der Waals surface area contributed by atoms with Crippen molar-refractivity contribution < 1.29 is 14.0 Å². The summed E-state index contributed by atoms with van der Waals surface area (Å²) in [5, 5.41) is 0.147. The summed E-state index contributed by atoms with van der Waals surface area (Å²) < 4.78 is 11.4. The Bertz CT molecular complexity index is 772. The van der Waals surface area contributed by atoms with E-state index in [1.807, 2.05) is 42.5 Å². The van der Waals surface area contributed by atoms with Crippen LogP contribution in [-0.4, -0.2) is 27.5 Å². The zero-order chi connectivity index (χ0) is 20.1. The summed E-state index contributed by atoms with van der Waals surface area (Å²) in [4.78, 5) is 12.2. The van der Waals surface area contributed by atoms with Crippen LogP contribution in [-0.2, 0) is 9.16 Å². The Morgan fingerprint density at radius 3 is 1.96 bits per heavy atom. The third kappa shape index (κ3) is 5.65. The number of rotatable bonds is 7. The first-order valence-corrected chi connectivity index (χ1v) is 12.2. The van der Waals surface area contributed by atoms with Gasteiger partial charge in [0.25, 0.3) is 0 Å². The molecular formula is C23H30O3Si. The maximum absolute atomic E-state index is 12.2. The Morgan fingerprint density at radius 1 is 0.889 bits per heavy atom. The Kier molecular flexibility index (Phi) is 6.79. The smallest absolute Gasteiger partial charge is 0.338 e. The summed E-state index contributed by atoms with van der Waals surface area (Å²) in [5.41, 5.74) is 3.51. The molecule has 0 saturated carbocycles. The molecule has 0 aliphatic heterocycles. The summed E-state index contributed by atoms with van der Waals surface area (Å²) >= 11 is 0. The molecule has 0 aliphatic rings. The van der Waals surface area contributed by atoms with Crippen molar-refractivity contribution in [1.82, 2.24) is 0 Å². The van der Waals surface area contributed by atoms with Gasteiger partial charge < -0.3 is 9.16 Å². The number of hydrogen-bond acceptors (Lipinski definition) is 3. The van der Waals surface area contributed by atoms with Crippen LogP contribution in [0.5, 0.6) is 0 Å². The molecule has 4 heteroatoms. The van der Waals surface area contributed by atoms with Gasteiger partial charge in [-0.1, -0.05) is 69.8 Å². The predicted octanol–water partition coefficient (Wildman–Crippen LogP) is 5.93. The van der Waals surface area contributed by atoms with E-state index in [1.54, 1.807) is 12.1 Å². The fourth-order valence-corrected chi connectivity index (χ4v) is 3.37. The lowest BCUT2D eigenvalue weighted by Crippen LogP contribution is -2.41. The molecule has 2 aromatic carbocycles. The second-order valence-electron chi connectivity index (χ2n) is 8.17. The van der Waals surface area contributed by atoms with Crippen LogP contribution in [0.1, 0.15) is 42.3 Å². The van der Waals surface area contributed by atoms with Gasteiger partial charge in [0.05, 0.1) is 12.2 Å². The maximum atomic E-state index is 12.2. The standard InChI is InChI=1S/C23H30O3Si/c1-18(19-10-8-7-9-11-19)20-12-14-21(15-13-20)22(24)25-16-17-26-27(5,6)23(2,3)4/h7-15H,1,16-17H2,2-6H3. The van der Waals surface area contributed by atoms with Crippen molar-refractivity contribution >= 4 is 19.9 Å². The average molecular weight is 383 g/mol. The lowest BCUT2D eigenvalue weighted by Gasteiger charge is -2.36. The number of carbonyl (C=O) groups is 1. The van der Waals surface area contributed by atoms with Gasteiger partial charge >= 0.3 is 5.97 Å². The van der Waals surface area contributed by atoms with Crippen LogP contribution in [0.25, 0.3) is 5.57 Å². The highest BCUT2D eigenvalue weighted by Crippen LogP contribution is 2.36. The van der Waals surface area contributed by atoms with Crippen molar-refractivity contribution in [3.05, 3.63) is 77.9 Å². The average Bonchev–Trinajstić information content (AvgIpc) is 2.64. The van der Waals surface area contributed by atoms with E-state index in [2.05, 4.69) is 40.4 Å². The van der Waals surface area contributed by atoms with E-state index in [1.165, 1.54) is 0 Å². The third-order valence-corrected chi connectivity index (χ3v) is 9.72. The normalized spacial score (nSPS) is 11.9. The molecule has 27 heavy (non-hydrogen) atoms. The van der Waals surface area contributed by atoms with Crippen LogP contribution in [0.4, 0.5) is 0 Å². The van der Waals surface area contributed by atoms with Gasteiger partial charge in [-0.3, -0.25) is 0 Å². The molecule has 0 heterocycles. The Labute approximate surface area is 164 Å². The zero-order valence-corrected chi connectivity index (χ0v) is 18.0. The number of esters is 1. The molecule has 0 aromatic heterocycles. The second kappa shape index (κ2) is 8.68. The maximum Gasteiger partial charge on any atom is 0.338 e. The van der Waals surface area contributed by atoms with E-state index in [-0.39, 0.29) is 17.6 Å². The van der Waals surface area contributed by atoms with E-state index in [9.17, 15) is 4.79 Å². The van der Waals surface area contributed by atoms with Crippen molar-refractivity contribution in [2.45, 2.75) is 38.9 Å². The van der Waals surface area contributed by atoms with E-state index in [4.69, 9.17) is 9.16 Å². The van der Waals surface area contributed by atoms with Crippen LogP contribution in [0, 0.1) is 0 Å². The van der Waals surface area contributed by atoms with Crippen molar-refractivity contribution in [1.29, 1.82) is 0 Å². The van der Waals surface area contributed by atoms with Crippen molar-refractivity contribution in [3.8, 4) is 0 Å². The molecule has 2 rings (SSSR count). The number of hydrogen-bond donors (Lipinski definition) is 0. The Balaban J connectivity index is 1.88. The number of benzene rings is 2. The lowest BCUT2D eigenvalue weighted by molar-refractivity contribution is 0.0441. The molecule has 0 aliphatic carbocycles. The van der Waals surface area contributed by atoms with Gasteiger partial charge in [0, 0.05) is 0 Å². The highest BCUT2D eigenvalue weighted by molar-refractivity contribution is 6.74. The van der Waals surface area contributed by atoms with E-state index in [0.717, 1.165) is 16.7 Å². The molecule has 0 bridgehead atoms. The van der Waals surface area contributed by atoms with Crippen LogP contribution in [0.2, 0.25) is 18.1 Å². The first kappa shape index (κ1) is 21.1.